The molecule has 1 saturated heterocycles. The van der Waals surface area contributed by atoms with Gasteiger partial charge in [-0.1, -0.05) is 18.2 Å². The number of benzene rings is 2. The zero-order chi connectivity index (χ0) is 19.4. The summed E-state index contributed by atoms with van der Waals surface area (Å²) in [6.07, 6.45) is 0.112. The molecule has 0 spiro atoms. The van der Waals surface area contributed by atoms with Gasteiger partial charge in [-0.15, -0.1) is 0 Å². The largest absolute Gasteiger partial charge is 0.495 e. The quantitative estimate of drug-likeness (QED) is 0.820. The molecular weight excluding hydrogens is 348 g/mol. The number of anilines is 2. The second-order valence-corrected chi connectivity index (χ2v) is 6.14. The number of ether oxygens (including phenoxy) is 2. The van der Waals surface area contributed by atoms with Crippen LogP contribution in [0.3, 0.4) is 0 Å². The molecule has 1 fully saturated rings. The number of nitrogens with zero attached hydrogens (tertiary/aromatic N) is 1. The molecule has 140 valence electrons. The fourth-order valence-electron chi connectivity index (χ4n) is 3.05. The lowest BCUT2D eigenvalue weighted by Crippen LogP contribution is -2.28. The second kappa shape index (κ2) is 7.90. The summed E-state index contributed by atoms with van der Waals surface area (Å²) in [6.45, 7) is 0.266. The molecule has 3 rings (SSSR count). The first kappa shape index (κ1) is 18.4. The zero-order valence-electron chi connectivity index (χ0n) is 15.1. The maximum absolute atomic E-state index is 12.6. The average Bonchev–Trinajstić information content (AvgIpc) is 3.09. The van der Waals surface area contributed by atoms with Crippen LogP contribution in [-0.4, -0.2) is 38.5 Å². The number of methoxy groups -OCH3 is 2. The van der Waals surface area contributed by atoms with E-state index in [0.29, 0.717) is 22.7 Å². The molecule has 2 aromatic carbocycles. The first-order valence-corrected chi connectivity index (χ1v) is 8.46. The number of hydrogen-bond acceptors (Lipinski definition) is 5. The van der Waals surface area contributed by atoms with E-state index in [1.165, 1.54) is 14.2 Å². The SMILES string of the molecule is COC(=O)c1cccc(NC(=O)C2CC(=O)N(c3ccccc3OC)C2)c1. The van der Waals surface area contributed by atoms with Crippen LogP contribution >= 0.6 is 0 Å². The second-order valence-electron chi connectivity index (χ2n) is 6.14. The number of para-hydroxylation sites is 2. The average molecular weight is 368 g/mol. The van der Waals surface area contributed by atoms with Gasteiger partial charge in [0, 0.05) is 18.7 Å². The predicted octanol–water partition coefficient (Wildman–Crippen LogP) is 2.47. The molecule has 0 aliphatic carbocycles. The van der Waals surface area contributed by atoms with Gasteiger partial charge < -0.3 is 19.7 Å². The van der Waals surface area contributed by atoms with E-state index in [2.05, 4.69) is 10.1 Å². The summed E-state index contributed by atoms with van der Waals surface area (Å²) in [4.78, 5) is 38.2. The minimum absolute atomic E-state index is 0.112. The summed E-state index contributed by atoms with van der Waals surface area (Å²) in [7, 11) is 2.84. The molecule has 1 heterocycles. The molecule has 0 radical (unpaired) electrons. The van der Waals surface area contributed by atoms with Gasteiger partial charge in [-0.3, -0.25) is 9.59 Å². The third kappa shape index (κ3) is 3.92. The maximum Gasteiger partial charge on any atom is 0.337 e. The van der Waals surface area contributed by atoms with Gasteiger partial charge in [-0.2, -0.15) is 0 Å². The highest BCUT2D eigenvalue weighted by Crippen LogP contribution is 2.33. The molecule has 7 nitrogen and oxygen atoms in total. The Morgan fingerprint density at radius 2 is 1.89 bits per heavy atom. The van der Waals surface area contributed by atoms with E-state index in [1.54, 1.807) is 41.3 Å². The molecule has 7 heteroatoms. The minimum Gasteiger partial charge on any atom is -0.495 e. The number of carbonyl (C=O) groups is 3. The van der Waals surface area contributed by atoms with Crippen molar-refractivity contribution in [3.05, 3.63) is 54.1 Å². The van der Waals surface area contributed by atoms with Crippen LogP contribution in [-0.2, 0) is 14.3 Å². The van der Waals surface area contributed by atoms with Crippen LogP contribution in [0.2, 0.25) is 0 Å². The Morgan fingerprint density at radius 3 is 2.63 bits per heavy atom. The summed E-state index contributed by atoms with van der Waals surface area (Å²) in [5, 5.41) is 2.77. The van der Waals surface area contributed by atoms with Crippen molar-refractivity contribution in [1.82, 2.24) is 0 Å². The molecule has 0 saturated carbocycles. The van der Waals surface area contributed by atoms with E-state index in [-0.39, 0.29) is 24.8 Å². The lowest BCUT2D eigenvalue weighted by molar-refractivity contribution is -0.122. The third-order valence-electron chi connectivity index (χ3n) is 4.42. The molecule has 1 aliphatic heterocycles. The lowest BCUT2D eigenvalue weighted by atomic mass is 10.1. The smallest absolute Gasteiger partial charge is 0.337 e. The monoisotopic (exact) mass is 368 g/mol. The van der Waals surface area contributed by atoms with E-state index in [4.69, 9.17) is 4.74 Å². The molecular formula is C20H20N2O5. The molecule has 1 N–H and O–H groups in total. The molecule has 0 aromatic heterocycles. The summed E-state index contributed by atoms with van der Waals surface area (Å²) in [6, 6.07) is 13.7. The van der Waals surface area contributed by atoms with E-state index in [0.717, 1.165) is 0 Å². The first-order valence-electron chi connectivity index (χ1n) is 8.46. The van der Waals surface area contributed by atoms with Crippen LogP contribution in [0.4, 0.5) is 11.4 Å². The van der Waals surface area contributed by atoms with Crippen LogP contribution in [0, 0.1) is 5.92 Å². The van der Waals surface area contributed by atoms with Crippen LogP contribution in [0.1, 0.15) is 16.8 Å². The van der Waals surface area contributed by atoms with E-state index < -0.39 is 11.9 Å². The van der Waals surface area contributed by atoms with Gasteiger partial charge in [0.1, 0.15) is 5.75 Å². The fraction of sp³-hybridized carbons (Fsp3) is 0.250. The Bertz CT molecular complexity index is 880. The van der Waals surface area contributed by atoms with Crippen LogP contribution in [0.25, 0.3) is 0 Å². The molecule has 27 heavy (non-hydrogen) atoms. The molecule has 2 amide bonds. The van der Waals surface area contributed by atoms with Crippen molar-refractivity contribution in [2.24, 2.45) is 5.92 Å². The van der Waals surface area contributed by atoms with E-state index in [9.17, 15) is 14.4 Å². The number of esters is 1. The number of rotatable bonds is 5. The van der Waals surface area contributed by atoms with Crippen LogP contribution in [0.5, 0.6) is 5.75 Å². The van der Waals surface area contributed by atoms with Crippen molar-refractivity contribution >= 4 is 29.2 Å². The maximum atomic E-state index is 12.6. The van der Waals surface area contributed by atoms with Gasteiger partial charge in [0.15, 0.2) is 0 Å². The standard InChI is InChI=1S/C20H20N2O5/c1-26-17-9-4-3-8-16(17)22-12-14(11-18(22)23)19(24)21-15-7-5-6-13(10-15)20(25)27-2/h3-10,14H,11-12H2,1-2H3,(H,21,24). The van der Waals surface area contributed by atoms with Gasteiger partial charge in [0.25, 0.3) is 0 Å². The minimum atomic E-state index is -0.496. The topological polar surface area (TPSA) is 84.9 Å². The van der Waals surface area contributed by atoms with Gasteiger partial charge >= 0.3 is 5.97 Å². The van der Waals surface area contributed by atoms with Crippen molar-refractivity contribution in [1.29, 1.82) is 0 Å². The van der Waals surface area contributed by atoms with Crippen LogP contribution < -0.4 is 15.0 Å². The fourth-order valence-corrected chi connectivity index (χ4v) is 3.05. The van der Waals surface area contributed by atoms with Gasteiger partial charge in [0.2, 0.25) is 11.8 Å². The third-order valence-corrected chi connectivity index (χ3v) is 4.42. The van der Waals surface area contributed by atoms with Gasteiger partial charge in [0.05, 0.1) is 31.4 Å². The molecule has 2 aromatic rings. The Balaban J connectivity index is 1.72. The first-order chi connectivity index (χ1) is 13.0. The summed E-state index contributed by atoms with van der Waals surface area (Å²) < 4.78 is 9.99. The summed E-state index contributed by atoms with van der Waals surface area (Å²) >= 11 is 0. The molecule has 0 bridgehead atoms. The van der Waals surface area contributed by atoms with Crippen molar-refractivity contribution in [2.75, 3.05) is 31.0 Å². The Labute approximate surface area is 156 Å². The van der Waals surface area contributed by atoms with Crippen molar-refractivity contribution in [3.63, 3.8) is 0 Å². The zero-order valence-corrected chi connectivity index (χ0v) is 15.1. The Morgan fingerprint density at radius 1 is 1.11 bits per heavy atom. The van der Waals surface area contributed by atoms with Gasteiger partial charge in [-0.05, 0) is 30.3 Å². The molecule has 1 unspecified atom stereocenters. The van der Waals surface area contributed by atoms with Gasteiger partial charge in [-0.25, -0.2) is 4.79 Å². The number of amides is 2. The van der Waals surface area contributed by atoms with Crippen molar-refractivity contribution in [2.45, 2.75) is 6.42 Å². The summed E-state index contributed by atoms with van der Waals surface area (Å²) in [5.41, 5.74) is 1.47. The van der Waals surface area contributed by atoms with Crippen molar-refractivity contribution in [3.8, 4) is 5.75 Å². The van der Waals surface area contributed by atoms with E-state index >= 15 is 0 Å². The van der Waals surface area contributed by atoms with Crippen molar-refractivity contribution < 1.29 is 23.9 Å². The molecule has 1 atom stereocenters. The number of carbonyl (C=O) groups excluding carboxylic acids is 3. The number of hydrogen-bond donors (Lipinski definition) is 1. The van der Waals surface area contributed by atoms with E-state index in [1.807, 2.05) is 12.1 Å². The highest BCUT2D eigenvalue weighted by molar-refractivity contribution is 6.04. The number of nitrogens with one attached hydrogen (secondary N) is 1. The highest BCUT2D eigenvalue weighted by atomic mass is 16.5. The Hall–Kier alpha value is -3.35. The predicted molar refractivity (Wildman–Crippen MR) is 99.9 cm³/mol. The highest BCUT2D eigenvalue weighted by Gasteiger charge is 2.36. The summed E-state index contributed by atoms with van der Waals surface area (Å²) in [5.74, 6) is -0.808. The molecule has 1 aliphatic rings. The normalized spacial score (nSPS) is 16.1. The Kier molecular flexibility index (Phi) is 5.40. The van der Waals surface area contributed by atoms with Crippen LogP contribution in [0.15, 0.2) is 48.5 Å². The lowest BCUT2D eigenvalue weighted by Gasteiger charge is -2.19.